The number of benzene rings is 1. The molecule has 1 aromatic carbocycles. The van der Waals surface area contributed by atoms with E-state index in [1.54, 1.807) is 12.1 Å². The molecule has 2 atom stereocenters. The lowest BCUT2D eigenvalue weighted by molar-refractivity contribution is 0.374. The fourth-order valence-corrected chi connectivity index (χ4v) is 3.03. The summed E-state index contributed by atoms with van der Waals surface area (Å²) in [6.07, 6.45) is 5.44. The Morgan fingerprint density at radius 1 is 1.35 bits per heavy atom. The Morgan fingerprint density at radius 3 is 3.00 bits per heavy atom. The van der Waals surface area contributed by atoms with Gasteiger partial charge in [-0.3, -0.25) is 0 Å². The van der Waals surface area contributed by atoms with Gasteiger partial charge in [0.1, 0.15) is 5.75 Å². The van der Waals surface area contributed by atoms with Crippen molar-refractivity contribution in [2.45, 2.75) is 44.9 Å². The first kappa shape index (κ1) is 13.2. The van der Waals surface area contributed by atoms with Crippen LogP contribution in [-0.4, -0.2) is 15.2 Å². The number of aromatic hydroxyl groups is 1. The summed E-state index contributed by atoms with van der Waals surface area (Å²) in [6.45, 7) is 2.25. The van der Waals surface area contributed by atoms with Crippen LogP contribution in [0.3, 0.4) is 0 Å². The predicted molar refractivity (Wildman–Crippen MR) is 75.6 cm³/mol. The zero-order valence-electron chi connectivity index (χ0n) is 11.7. The van der Waals surface area contributed by atoms with E-state index in [-0.39, 0.29) is 5.75 Å². The smallest absolute Gasteiger partial charge is 0.231 e. The molecule has 1 aromatic heterocycles. The van der Waals surface area contributed by atoms with E-state index in [9.17, 15) is 5.11 Å². The SMILES string of the molecule is CCC1CCC(c2noc(Cc3cccc(O)c3)n2)C1. The van der Waals surface area contributed by atoms with E-state index < -0.39 is 0 Å². The van der Waals surface area contributed by atoms with Gasteiger partial charge in [-0.2, -0.15) is 4.98 Å². The van der Waals surface area contributed by atoms with Crippen molar-refractivity contribution >= 4 is 0 Å². The molecule has 2 aromatic rings. The third-order valence-corrected chi connectivity index (χ3v) is 4.23. The van der Waals surface area contributed by atoms with E-state index in [0.717, 1.165) is 17.3 Å². The van der Waals surface area contributed by atoms with Gasteiger partial charge in [-0.25, -0.2) is 0 Å². The van der Waals surface area contributed by atoms with Crippen molar-refractivity contribution in [2.24, 2.45) is 5.92 Å². The molecule has 2 unspecified atom stereocenters. The highest BCUT2D eigenvalue weighted by Gasteiger charge is 2.28. The summed E-state index contributed by atoms with van der Waals surface area (Å²) < 4.78 is 5.35. The molecule has 4 nitrogen and oxygen atoms in total. The molecule has 1 fully saturated rings. The molecule has 0 spiro atoms. The minimum Gasteiger partial charge on any atom is -0.508 e. The second-order valence-corrected chi connectivity index (χ2v) is 5.68. The minimum absolute atomic E-state index is 0.267. The molecule has 3 rings (SSSR count). The molecule has 1 N–H and O–H groups in total. The molecule has 1 heterocycles. The van der Waals surface area contributed by atoms with Gasteiger partial charge in [-0.15, -0.1) is 0 Å². The summed E-state index contributed by atoms with van der Waals surface area (Å²) in [4.78, 5) is 4.53. The van der Waals surface area contributed by atoms with Crippen LogP contribution in [0.1, 0.15) is 55.8 Å². The zero-order valence-corrected chi connectivity index (χ0v) is 11.7. The molecular weight excluding hydrogens is 252 g/mol. The van der Waals surface area contributed by atoms with Crippen LogP contribution in [-0.2, 0) is 6.42 Å². The lowest BCUT2D eigenvalue weighted by Crippen LogP contribution is -1.97. The zero-order chi connectivity index (χ0) is 13.9. The molecular formula is C16H20N2O2. The number of rotatable bonds is 4. The van der Waals surface area contributed by atoms with E-state index in [1.165, 1.54) is 25.7 Å². The Hall–Kier alpha value is -1.84. The number of nitrogens with zero attached hydrogens (tertiary/aromatic N) is 2. The van der Waals surface area contributed by atoms with E-state index in [4.69, 9.17) is 4.52 Å². The quantitative estimate of drug-likeness (QED) is 0.922. The second kappa shape index (κ2) is 5.65. The summed E-state index contributed by atoms with van der Waals surface area (Å²) >= 11 is 0. The van der Waals surface area contributed by atoms with Gasteiger partial charge in [0.2, 0.25) is 5.89 Å². The Kier molecular flexibility index (Phi) is 3.72. The maximum Gasteiger partial charge on any atom is 0.231 e. The standard InChI is InChI=1S/C16H20N2O2/c1-2-11-6-7-13(8-11)16-17-15(20-18-16)10-12-4-3-5-14(19)9-12/h3-5,9,11,13,19H,2,6-8,10H2,1H3. The molecule has 1 aliphatic carbocycles. The number of hydrogen-bond donors (Lipinski definition) is 1. The molecule has 1 saturated carbocycles. The van der Waals surface area contributed by atoms with Crippen molar-refractivity contribution in [3.05, 3.63) is 41.5 Å². The van der Waals surface area contributed by atoms with Gasteiger partial charge < -0.3 is 9.63 Å². The van der Waals surface area contributed by atoms with Gasteiger partial charge in [-0.1, -0.05) is 30.6 Å². The van der Waals surface area contributed by atoms with Gasteiger partial charge in [-0.05, 0) is 42.9 Å². The maximum absolute atomic E-state index is 9.46. The highest BCUT2D eigenvalue weighted by atomic mass is 16.5. The fourth-order valence-electron chi connectivity index (χ4n) is 3.03. The highest BCUT2D eigenvalue weighted by Crippen LogP contribution is 2.38. The van der Waals surface area contributed by atoms with Crippen LogP contribution in [0.2, 0.25) is 0 Å². The van der Waals surface area contributed by atoms with Crippen molar-refractivity contribution in [3.63, 3.8) is 0 Å². The molecule has 4 heteroatoms. The minimum atomic E-state index is 0.267. The third-order valence-electron chi connectivity index (χ3n) is 4.23. The molecule has 106 valence electrons. The number of phenolic OH excluding ortho intramolecular Hbond substituents is 1. The first-order valence-electron chi connectivity index (χ1n) is 7.35. The first-order chi connectivity index (χ1) is 9.74. The second-order valence-electron chi connectivity index (χ2n) is 5.68. The summed E-state index contributed by atoms with van der Waals surface area (Å²) in [7, 11) is 0. The van der Waals surface area contributed by atoms with E-state index in [2.05, 4.69) is 17.1 Å². The van der Waals surface area contributed by atoms with Crippen LogP contribution in [0.15, 0.2) is 28.8 Å². The molecule has 0 saturated heterocycles. The summed E-state index contributed by atoms with van der Waals surface area (Å²) in [5.41, 5.74) is 0.984. The number of hydrogen-bond acceptors (Lipinski definition) is 4. The summed E-state index contributed by atoms with van der Waals surface area (Å²) in [5, 5.41) is 13.6. The van der Waals surface area contributed by atoms with Crippen LogP contribution < -0.4 is 0 Å². The van der Waals surface area contributed by atoms with Crippen LogP contribution in [0.4, 0.5) is 0 Å². The molecule has 0 bridgehead atoms. The average Bonchev–Trinajstić information content (AvgIpc) is 3.07. The Morgan fingerprint density at radius 2 is 2.25 bits per heavy atom. The Bertz CT molecular complexity index is 579. The van der Waals surface area contributed by atoms with Crippen LogP contribution >= 0.6 is 0 Å². The van der Waals surface area contributed by atoms with Crippen molar-refractivity contribution in [3.8, 4) is 5.75 Å². The Balaban J connectivity index is 1.68. The van der Waals surface area contributed by atoms with Crippen LogP contribution in [0, 0.1) is 5.92 Å². The monoisotopic (exact) mass is 272 g/mol. The topological polar surface area (TPSA) is 59.2 Å². The summed E-state index contributed by atoms with van der Waals surface area (Å²) in [6, 6.07) is 7.16. The Labute approximate surface area is 118 Å². The molecule has 20 heavy (non-hydrogen) atoms. The number of phenols is 1. The van der Waals surface area contributed by atoms with Crippen LogP contribution in [0.25, 0.3) is 0 Å². The average molecular weight is 272 g/mol. The van der Waals surface area contributed by atoms with Gasteiger partial charge in [0.25, 0.3) is 0 Å². The van der Waals surface area contributed by atoms with Crippen molar-refractivity contribution in [1.29, 1.82) is 0 Å². The summed E-state index contributed by atoms with van der Waals surface area (Å²) in [5.74, 6) is 3.03. The highest BCUT2D eigenvalue weighted by molar-refractivity contribution is 5.28. The van der Waals surface area contributed by atoms with Gasteiger partial charge in [0.05, 0.1) is 6.42 Å². The third kappa shape index (κ3) is 2.84. The molecule has 0 amide bonds. The van der Waals surface area contributed by atoms with E-state index in [0.29, 0.717) is 18.2 Å². The first-order valence-corrected chi connectivity index (χ1v) is 7.35. The van der Waals surface area contributed by atoms with Crippen molar-refractivity contribution in [1.82, 2.24) is 10.1 Å². The van der Waals surface area contributed by atoms with E-state index >= 15 is 0 Å². The van der Waals surface area contributed by atoms with Gasteiger partial charge in [0.15, 0.2) is 5.82 Å². The molecule has 0 radical (unpaired) electrons. The van der Waals surface area contributed by atoms with Gasteiger partial charge >= 0.3 is 0 Å². The fraction of sp³-hybridized carbons (Fsp3) is 0.500. The molecule has 0 aliphatic heterocycles. The van der Waals surface area contributed by atoms with Crippen molar-refractivity contribution in [2.75, 3.05) is 0 Å². The van der Waals surface area contributed by atoms with Crippen LogP contribution in [0.5, 0.6) is 5.75 Å². The lowest BCUT2D eigenvalue weighted by Gasteiger charge is -2.04. The van der Waals surface area contributed by atoms with Gasteiger partial charge in [0, 0.05) is 5.92 Å². The predicted octanol–water partition coefficient (Wildman–Crippen LogP) is 3.66. The van der Waals surface area contributed by atoms with Crippen molar-refractivity contribution < 1.29 is 9.63 Å². The van der Waals surface area contributed by atoms with E-state index in [1.807, 2.05) is 12.1 Å². The maximum atomic E-state index is 9.46. The normalized spacial score (nSPS) is 22.2. The lowest BCUT2D eigenvalue weighted by atomic mass is 10.0. The largest absolute Gasteiger partial charge is 0.508 e. The molecule has 1 aliphatic rings. The number of aromatic nitrogens is 2.